The van der Waals surface area contributed by atoms with E-state index in [4.69, 9.17) is 16.1 Å². The first-order chi connectivity index (χ1) is 15.0. The van der Waals surface area contributed by atoms with Crippen molar-refractivity contribution in [2.45, 2.75) is 12.8 Å². The SMILES string of the molecule is CC(c1nc2ccc(C(=N)N)cc2[nH]1)c1nc2ccc(C(=O)c3ccccc3)cc2[nH]1. The van der Waals surface area contributed by atoms with Gasteiger partial charge in [-0.05, 0) is 43.3 Å². The van der Waals surface area contributed by atoms with Gasteiger partial charge in [0.2, 0.25) is 0 Å². The summed E-state index contributed by atoms with van der Waals surface area (Å²) in [6, 6.07) is 20.2. The number of carbonyl (C=O) groups excluding carboxylic acids is 1. The van der Waals surface area contributed by atoms with Gasteiger partial charge in [-0.15, -0.1) is 0 Å². The smallest absolute Gasteiger partial charge is 0.193 e. The van der Waals surface area contributed by atoms with E-state index in [0.717, 1.165) is 33.7 Å². The van der Waals surface area contributed by atoms with Crippen LogP contribution in [0, 0.1) is 5.41 Å². The second-order valence-electron chi connectivity index (χ2n) is 7.54. The second kappa shape index (κ2) is 7.21. The lowest BCUT2D eigenvalue weighted by Gasteiger charge is -2.03. The first-order valence-corrected chi connectivity index (χ1v) is 9.93. The number of imidazole rings is 2. The third kappa shape index (κ3) is 3.36. The van der Waals surface area contributed by atoms with Crippen molar-refractivity contribution in [1.29, 1.82) is 5.41 Å². The highest BCUT2D eigenvalue weighted by Crippen LogP contribution is 2.25. The van der Waals surface area contributed by atoms with Crippen LogP contribution in [0.4, 0.5) is 0 Å². The van der Waals surface area contributed by atoms with Gasteiger partial charge in [0.05, 0.1) is 28.0 Å². The predicted octanol–water partition coefficient (Wildman–Crippen LogP) is 4.11. The lowest BCUT2D eigenvalue weighted by molar-refractivity contribution is 0.103. The van der Waals surface area contributed by atoms with Crippen molar-refractivity contribution in [2.75, 3.05) is 0 Å². The van der Waals surface area contributed by atoms with Gasteiger partial charge in [0.25, 0.3) is 0 Å². The molecule has 0 spiro atoms. The number of aromatic nitrogens is 4. The molecular formula is C24H20N6O. The predicted molar refractivity (Wildman–Crippen MR) is 121 cm³/mol. The third-order valence-corrected chi connectivity index (χ3v) is 5.43. The molecule has 0 saturated carbocycles. The van der Waals surface area contributed by atoms with Gasteiger partial charge in [-0.25, -0.2) is 9.97 Å². The molecule has 1 unspecified atom stereocenters. The van der Waals surface area contributed by atoms with E-state index in [1.807, 2.05) is 61.5 Å². The fourth-order valence-electron chi connectivity index (χ4n) is 3.66. The summed E-state index contributed by atoms with van der Waals surface area (Å²) in [6.07, 6.45) is 0. The number of hydrogen-bond acceptors (Lipinski definition) is 4. The maximum absolute atomic E-state index is 12.8. The van der Waals surface area contributed by atoms with E-state index in [0.29, 0.717) is 16.7 Å². The Labute approximate surface area is 177 Å². The number of aromatic amines is 2. The van der Waals surface area contributed by atoms with Gasteiger partial charge in [-0.3, -0.25) is 10.2 Å². The summed E-state index contributed by atoms with van der Waals surface area (Å²) in [5, 5.41) is 7.61. The maximum atomic E-state index is 12.8. The number of nitrogen functional groups attached to an aromatic ring is 1. The minimum absolute atomic E-state index is 0.0178. The highest BCUT2D eigenvalue weighted by Gasteiger charge is 2.18. The summed E-state index contributed by atoms with van der Waals surface area (Å²) in [5.74, 6) is 1.39. The van der Waals surface area contributed by atoms with Crippen LogP contribution in [-0.4, -0.2) is 31.6 Å². The zero-order chi connectivity index (χ0) is 21.5. The molecule has 2 aromatic heterocycles. The minimum Gasteiger partial charge on any atom is -0.384 e. The van der Waals surface area contributed by atoms with Crippen LogP contribution in [0.1, 0.15) is 46.0 Å². The van der Waals surface area contributed by atoms with E-state index in [-0.39, 0.29) is 17.5 Å². The Hall–Kier alpha value is -4.26. The number of nitrogens with one attached hydrogen (secondary N) is 3. The van der Waals surface area contributed by atoms with Gasteiger partial charge in [0, 0.05) is 16.7 Å². The maximum Gasteiger partial charge on any atom is 0.193 e. The van der Waals surface area contributed by atoms with Gasteiger partial charge in [-0.2, -0.15) is 0 Å². The molecule has 3 aromatic carbocycles. The molecule has 152 valence electrons. The molecule has 7 heteroatoms. The summed E-state index contributed by atoms with van der Waals surface area (Å²) < 4.78 is 0. The van der Waals surface area contributed by atoms with Crippen LogP contribution in [-0.2, 0) is 0 Å². The number of nitrogens with zero attached hydrogens (tertiary/aromatic N) is 2. The zero-order valence-corrected chi connectivity index (χ0v) is 16.8. The van der Waals surface area contributed by atoms with E-state index in [1.165, 1.54) is 0 Å². The molecule has 0 aliphatic carbocycles. The Morgan fingerprint density at radius 1 is 0.839 bits per heavy atom. The third-order valence-electron chi connectivity index (χ3n) is 5.43. The fourth-order valence-corrected chi connectivity index (χ4v) is 3.66. The molecular weight excluding hydrogens is 388 g/mol. The van der Waals surface area contributed by atoms with Crippen molar-refractivity contribution in [3.05, 3.63) is 95.1 Å². The monoisotopic (exact) mass is 408 g/mol. The molecule has 31 heavy (non-hydrogen) atoms. The quantitative estimate of drug-likeness (QED) is 0.198. The number of carbonyl (C=O) groups is 1. The van der Waals surface area contributed by atoms with E-state index < -0.39 is 0 Å². The number of hydrogen-bond donors (Lipinski definition) is 4. The normalized spacial score (nSPS) is 12.3. The standard InChI is InChI=1S/C24H20N6O/c1-13(24-28-18-10-8-16(22(25)26)12-20(18)30-24)23-27-17-9-7-15(11-19(17)29-23)21(31)14-5-3-2-4-6-14/h2-13H,1H3,(H3,25,26)(H,27,29)(H,28,30). The Morgan fingerprint density at radius 2 is 1.39 bits per heavy atom. The molecule has 0 saturated heterocycles. The summed E-state index contributed by atoms with van der Waals surface area (Å²) >= 11 is 0. The van der Waals surface area contributed by atoms with Gasteiger partial charge < -0.3 is 15.7 Å². The Bertz CT molecular complexity index is 1450. The highest BCUT2D eigenvalue weighted by molar-refractivity contribution is 6.10. The van der Waals surface area contributed by atoms with E-state index in [1.54, 1.807) is 12.1 Å². The minimum atomic E-state index is -0.117. The van der Waals surface area contributed by atoms with Crippen molar-refractivity contribution < 1.29 is 4.79 Å². The molecule has 5 rings (SSSR count). The van der Waals surface area contributed by atoms with Crippen molar-refractivity contribution in [3.8, 4) is 0 Å². The first-order valence-electron chi connectivity index (χ1n) is 9.93. The molecule has 5 N–H and O–H groups in total. The average molecular weight is 408 g/mol. The molecule has 0 aliphatic heterocycles. The van der Waals surface area contributed by atoms with Crippen LogP contribution in [0.15, 0.2) is 66.7 Å². The molecule has 0 radical (unpaired) electrons. The summed E-state index contributed by atoms with van der Waals surface area (Å²) in [6.45, 7) is 2.01. The summed E-state index contributed by atoms with van der Waals surface area (Å²) in [7, 11) is 0. The van der Waals surface area contributed by atoms with Crippen LogP contribution in [0.25, 0.3) is 22.1 Å². The van der Waals surface area contributed by atoms with Crippen LogP contribution in [0.3, 0.4) is 0 Å². The molecule has 0 fully saturated rings. The molecule has 0 aliphatic rings. The van der Waals surface area contributed by atoms with Crippen molar-refractivity contribution in [3.63, 3.8) is 0 Å². The topological polar surface area (TPSA) is 124 Å². The van der Waals surface area contributed by atoms with Crippen molar-refractivity contribution >= 4 is 33.7 Å². The Morgan fingerprint density at radius 3 is 1.97 bits per heavy atom. The molecule has 7 nitrogen and oxygen atoms in total. The molecule has 2 heterocycles. The van der Waals surface area contributed by atoms with E-state index in [9.17, 15) is 4.79 Å². The number of benzene rings is 3. The van der Waals surface area contributed by atoms with Crippen molar-refractivity contribution in [2.24, 2.45) is 5.73 Å². The van der Waals surface area contributed by atoms with E-state index >= 15 is 0 Å². The second-order valence-corrected chi connectivity index (χ2v) is 7.54. The largest absolute Gasteiger partial charge is 0.384 e. The number of ketones is 1. The van der Waals surface area contributed by atoms with Crippen LogP contribution < -0.4 is 5.73 Å². The van der Waals surface area contributed by atoms with Gasteiger partial charge in [0.15, 0.2) is 5.78 Å². The van der Waals surface area contributed by atoms with Crippen LogP contribution in [0.5, 0.6) is 0 Å². The molecule has 0 amide bonds. The lowest BCUT2D eigenvalue weighted by atomic mass is 10.0. The molecule has 0 bridgehead atoms. The first kappa shape index (κ1) is 18.7. The number of H-pyrrole nitrogens is 2. The number of amidine groups is 1. The number of nitrogens with two attached hydrogens (primary N) is 1. The zero-order valence-electron chi connectivity index (χ0n) is 16.8. The van der Waals surface area contributed by atoms with Gasteiger partial charge in [-0.1, -0.05) is 30.3 Å². The number of fused-ring (bicyclic) bond motifs is 2. The van der Waals surface area contributed by atoms with Gasteiger partial charge in [0.1, 0.15) is 17.5 Å². The molecule has 1 atom stereocenters. The summed E-state index contributed by atoms with van der Waals surface area (Å²) in [4.78, 5) is 28.8. The van der Waals surface area contributed by atoms with Crippen LogP contribution in [0.2, 0.25) is 0 Å². The van der Waals surface area contributed by atoms with Gasteiger partial charge >= 0.3 is 0 Å². The van der Waals surface area contributed by atoms with Crippen LogP contribution >= 0.6 is 0 Å². The fraction of sp³-hybridized carbons (Fsp3) is 0.0833. The Balaban J connectivity index is 1.48. The molecule has 5 aromatic rings. The Kier molecular flexibility index (Phi) is 4.36. The summed E-state index contributed by atoms with van der Waals surface area (Å²) in [5.41, 5.74) is 10.7. The van der Waals surface area contributed by atoms with E-state index in [2.05, 4.69) is 15.0 Å². The average Bonchev–Trinajstić information content (AvgIpc) is 3.41. The van der Waals surface area contributed by atoms with Crippen molar-refractivity contribution in [1.82, 2.24) is 19.9 Å². The lowest BCUT2D eigenvalue weighted by Crippen LogP contribution is -2.10. The highest BCUT2D eigenvalue weighted by atomic mass is 16.1. The number of rotatable bonds is 5.